The van der Waals surface area contributed by atoms with E-state index in [0.29, 0.717) is 21.6 Å². The van der Waals surface area contributed by atoms with Crippen molar-refractivity contribution in [3.8, 4) is 0 Å². The lowest BCUT2D eigenvalue weighted by molar-refractivity contribution is -0.136. The Morgan fingerprint density at radius 2 is 2.03 bits per heavy atom. The van der Waals surface area contributed by atoms with Crippen LogP contribution in [0.25, 0.3) is 5.57 Å². The minimum absolute atomic E-state index is 0.190. The van der Waals surface area contributed by atoms with Crippen LogP contribution >= 0.6 is 23.1 Å². The summed E-state index contributed by atoms with van der Waals surface area (Å²) in [5.41, 5.74) is 1.19. The number of hydrogen-bond donors (Lipinski definition) is 1. The molecule has 4 rings (SSSR count). The molecule has 2 aliphatic rings. The number of para-hydroxylation sites is 1. The highest BCUT2D eigenvalue weighted by atomic mass is 32.2. The maximum atomic E-state index is 13.1. The number of aliphatic carboxylic acids is 1. The Kier molecular flexibility index (Phi) is 5.03. The maximum Gasteiger partial charge on any atom is 0.323 e. The van der Waals surface area contributed by atoms with E-state index >= 15 is 0 Å². The zero-order valence-corrected chi connectivity index (χ0v) is 16.6. The predicted molar refractivity (Wildman–Crippen MR) is 112 cm³/mol. The number of thioether (sulfide) groups is 1. The van der Waals surface area contributed by atoms with Crippen LogP contribution in [0.1, 0.15) is 5.56 Å². The Balaban J connectivity index is 1.84. The van der Waals surface area contributed by atoms with Crippen molar-refractivity contribution < 1.29 is 19.5 Å². The number of fused-ring (bicyclic) bond motifs is 1. The number of anilines is 1. The molecule has 0 radical (unpaired) electrons. The quantitative estimate of drug-likeness (QED) is 0.583. The minimum Gasteiger partial charge on any atom is -0.480 e. The fourth-order valence-corrected chi connectivity index (χ4v) is 4.72. The van der Waals surface area contributed by atoms with Crippen LogP contribution in [0.3, 0.4) is 0 Å². The van der Waals surface area contributed by atoms with Crippen molar-refractivity contribution in [1.29, 1.82) is 0 Å². The van der Waals surface area contributed by atoms with Gasteiger partial charge in [0.15, 0.2) is 5.17 Å². The van der Waals surface area contributed by atoms with Gasteiger partial charge in [-0.2, -0.15) is 4.99 Å². The van der Waals surface area contributed by atoms with Crippen molar-refractivity contribution in [2.24, 2.45) is 4.99 Å². The number of amidine groups is 1. The fourth-order valence-electron chi connectivity index (χ4n) is 3.08. The van der Waals surface area contributed by atoms with E-state index in [2.05, 4.69) is 16.6 Å². The van der Waals surface area contributed by atoms with Crippen molar-refractivity contribution in [3.05, 3.63) is 59.0 Å². The van der Waals surface area contributed by atoms with E-state index in [1.807, 2.05) is 0 Å². The Bertz CT molecular complexity index is 1090. The molecule has 0 bridgehead atoms. The highest BCUT2D eigenvalue weighted by Gasteiger charge is 2.42. The van der Waals surface area contributed by atoms with E-state index in [1.54, 1.807) is 41.9 Å². The lowest BCUT2D eigenvalue weighted by Crippen LogP contribution is -2.33. The van der Waals surface area contributed by atoms with Gasteiger partial charge in [0.2, 0.25) is 5.13 Å². The Hall–Kier alpha value is -3.24. The van der Waals surface area contributed by atoms with Crippen LogP contribution in [-0.4, -0.2) is 51.0 Å². The van der Waals surface area contributed by atoms with Crippen molar-refractivity contribution in [2.45, 2.75) is 0 Å². The number of amides is 2. The molecule has 0 spiro atoms. The largest absolute Gasteiger partial charge is 0.480 e. The number of carbonyl (C=O) groups excluding carboxylic acids is 2. The number of nitrogens with zero attached hydrogens (tertiary/aromatic N) is 4. The second-order valence-corrected chi connectivity index (χ2v) is 7.87. The standard InChI is InChI=1S/C19H14N4O4S2/c1-2-8-22-17(27)15(29-19(22)21-18-20-7-9-28-18)14-11-5-3-4-6-12(11)23(16(14)26)10-13(24)25/h2-7,9H,1,8,10H2,(H,24,25)/b15-14-,21-19?. The molecular weight excluding hydrogens is 412 g/mol. The molecule has 29 heavy (non-hydrogen) atoms. The van der Waals surface area contributed by atoms with Gasteiger partial charge >= 0.3 is 5.97 Å². The number of aromatic nitrogens is 1. The predicted octanol–water partition coefficient (Wildman–Crippen LogP) is 2.73. The molecular formula is C19H14N4O4S2. The van der Waals surface area contributed by atoms with Crippen molar-refractivity contribution in [3.63, 3.8) is 0 Å². The molecule has 2 amide bonds. The number of carboxylic acid groups (broad SMARTS) is 1. The summed E-state index contributed by atoms with van der Waals surface area (Å²) < 4.78 is 0. The summed E-state index contributed by atoms with van der Waals surface area (Å²) in [6, 6.07) is 6.84. The van der Waals surface area contributed by atoms with Crippen molar-refractivity contribution in [1.82, 2.24) is 9.88 Å². The van der Waals surface area contributed by atoms with Crippen LogP contribution in [0, 0.1) is 0 Å². The molecule has 1 aromatic carbocycles. The number of benzene rings is 1. The van der Waals surface area contributed by atoms with Gasteiger partial charge < -0.3 is 5.11 Å². The zero-order valence-electron chi connectivity index (χ0n) is 14.9. The van der Waals surface area contributed by atoms with Crippen LogP contribution in [0.5, 0.6) is 0 Å². The van der Waals surface area contributed by atoms with Crippen LogP contribution in [0.2, 0.25) is 0 Å². The van der Waals surface area contributed by atoms with Gasteiger partial charge in [-0.15, -0.1) is 17.9 Å². The van der Waals surface area contributed by atoms with Crippen LogP contribution in [0.15, 0.2) is 58.4 Å². The van der Waals surface area contributed by atoms with Gasteiger partial charge in [-0.25, -0.2) is 4.98 Å². The smallest absolute Gasteiger partial charge is 0.323 e. The van der Waals surface area contributed by atoms with E-state index in [4.69, 9.17) is 0 Å². The molecule has 0 atom stereocenters. The molecule has 1 fully saturated rings. The first kappa shape index (κ1) is 19.1. The zero-order chi connectivity index (χ0) is 20.5. The second-order valence-electron chi connectivity index (χ2n) is 6.02. The number of aliphatic imine (C=N–C) groups is 1. The first-order valence-corrected chi connectivity index (χ1v) is 10.2. The molecule has 8 nitrogen and oxygen atoms in total. The molecule has 10 heteroatoms. The molecule has 0 saturated carbocycles. The molecule has 1 aromatic heterocycles. The lowest BCUT2D eigenvalue weighted by Gasteiger charge is -2.13. The van der Waals surface area contributed by atoms with Crippen LogP contribution < -0.4 is 4.90 Å². The van der Waals surface area contributed by atoms with E-state index in [0.717, 1.165) is 11.8 Å². The molecule has 1 N–H and O–H groups in total. The fraction of sp³-hybridized carbons (Fsp3) is 0.105. The summed E-state index contributed by atoms with van der Waals surface area (Å²) in [7, 11) is 0. The van der Waals surface area contributed by atoms with Gasteiger partial charge in [-0.1, -0.05) is 24.3 Å². The number of thiazole rings is 1. The average molecular weight is 426 g/mol. The summed E-state index contributed by atoms with van der Waals surface area (Å²) in [5.74, 6) is -2.02. The van der Waals surface area contributed by atoms with Crippen molar-refractivity contribution >= 4 is 62.4 Å². The van der Waals surface area contributed by atoms with Gasteiger partial charge in [0, 0.05) is 23.7 Å². The van der Waals surface area contributed by atoms with Gasteiger partial charge in [0.25, 0.3) is 11.8 Å². The molecule has 0 unspecified atom stereocenters. The van der Waals surface area contributed by atoms with E-state index in [1.165, 1.54) is 21.1 Å². The highest BCUT2D eigenvalue weighted by molar-refractivity contribution is 8.18. The third kappa shape index (κ3) is 3.36. The molecule has 0 aliphatic carbocycles. The third-order valence-electron chi connectivity index (χ3n) is 4.23. The average Bonchev–Trinajstić information content (AvgIpc) is 3.37. The molecule has 2 aromatic rings. The lowest BCUT2D eigenvalue weighted by atomic mass is 10.1. The summed E-state index contributed by atoms with van der Waals surface area (Å²) in [4.78, 5) is 48.8. The first-order chi connectivity index (χ1) is 14.0. The number of hydrogen-bond acceptors (Lipinski definition) is 7. The molecule has 3 heterocycles. The Morgan fingerprint density at radius 3 is 2.72 bits per heavy atom. The summed E-state index contributed by atoms with van der Waals surface area (Å²) in [6.45, 7) is 3.42. The number of rotatable bonds is 5. The topological polar surface area (TPSA) is 103 Å². The van der Waals surface area contributed by atoms with Gasteiger partial charge in [0.05, 0.1) is 16.2 Å². The van der Waals surface area contributed by atoms with Gasteiger partial charge in [-0.05, 0) is 17.8 Å². The van der Waals surface area contributed by atoms with Crippen LogP contribution in [-0.2, 0) is 14.4 Å². The SMILES string of the molecule is C=CCN1C(=O)/C(=C2/C(=O)N(CC(=O)O)c3ccccc32)SC1=Nc1nccs1. The van der Waals surface area contributed by atoms with E-state index < -0.39 is 18.4 Å². The minimum atomic E-state index is -1.14. The summed E-state index contributed by atoms with van der Waals surface area (Å²) in [6.07, 6.45) is 3.19. The van der Waals surface area contributed by atoms with Crippen molar-refractivity contribution in [2.75, 3.05) is 18.0 Å². The monoisotopic (exact) mass is 426 g/mol. The number of carbonyl (C=O) groups is 3. The third-order valence-corrected chi connectivity index (χ3v) is 5.97. The molecule has 2 aliphatic heterocycles. The summed E-state index contributed by atoms with van der Waals surface area (Å²) in [5, 5.41) is 11.9. The van der Waals surface area contributed by atoms with Gasteiger partial charge in [-0.3, -0.25) is 24.2 Å². The van der Waals surface area contributed by atoms with Crippen LogP contribution in [0.4, 0.5) is 10.8 Å². The first-order valence-electron chi connectivity index (χ1n) is 8.47. The van der Waals surface area contributed by atoms with Gasteiger partial charge in [0.1, 0.15) is 6.54 Å². The summed E-state index contributed by atoms with van der Waals surface area (Å²) >= 11 is 2.41. The van der Waals surface area contributed by atoms with E-state index in [-0.39, 0.29) is 22.9 Å². The Morgan fingerprint density at radius 1 is 1.24 bits per heavy atom. The number of carboxylic acids is 1. The molecule has 146 valence electrons. The normalized spacial score (nSPS) is 19.9. The second kappa shape index (κ2) is 7.64. The molecule has 1 saturated heterocycles. The van der Waals surface area contributed by atoms with E-state index in [9.17, 15) is 19.5 Å². The highest BCUT2D eigenvalue weighted by Crippen LogP contribution is 2.44. The Labute approximate surface area is 173 Å². The maximum absolute atomic E-state index is 13.1.